The average molecular weight is 879 g/mol. The molecule has 0 amide bonds. The SMILES string of the molecule is c1ccc(-c2cc(-c3ccc(-c4cc5c(oc6cccc(N(c7ccc8ccccc8c7)c7ccc8ccccc8c7)c65)c5ccccc45)cc3)cc(-n3c4ccccc4c4ccccc43)c2)cc1. The third-order valence-electron chi connectivity index (χ3n) is 14.1. The van der Waals surface area contributed by atoms with Gasteiger partial charge in [0.2, 0.25) is 0 Å². The Morgan fingerprint density at radius 1 is 0.319 bits per heavy atom. The molecule has 0 unspecified atom stereocenters. The zero-order chi connectivity index (χ0) is 45.4. The molecule has 0 aliphatic heterocycles. The minimum absolute atomic E-state index is 0.851. The van der Waals surface area contributed by atoms with Crippen LogP contribution in [-0.2, 0) is 0 Å². The lowest BCUT2D eigenvalue weighted by Crippen LogP contribution is -2.10. The second-order valence-corrected chi connectivity index (χ2v) is 18.1. The van der Waals surface area contributed by atoms with Gasteiger partial charge in [-0.1, -0.05) is 182 Å². The van der Waals surface area contributed by atoms with Gasteiger partial charge < -0.3 is 13.9 Å². The van der Waals surface area contributed by atoms with Gasteiger partial charge in [-0.2, -0.15) is 0 Å². The number of aromatic nitrogens is 1. The van der Waals surface area contributed by atoms with Crippen molar-refractivity contribution in [2.75, 3.05) is 4.90 Å². The molecule has 0 saturated heterocycles. The molecule has 3 heteroatoms. The Hall–Kier alpha value is -9.18. The average Bonchev–Trinajstić information content (AvgIpc) is 3.97. The first-order valence-electron chi connectivity index (χ1n) is 23.6. The summed E-state index contributed by atoms with van der Waals surface area (Å²) in [6.07, 6.45) is 0. The largest absolute Gasteiger partial charge is 0.455 e. The summed E-state index contributed by atoms with van der Waals surface area (Å²) < 4.78 is 9.37. The highest BCUT2D eigenvalue weighted by atomic mass is 16.3. The Labute approximate surface area is 399 Å². The minimum Gasteiger partial charge on any atom is -0.455 e. The van der Waals surface area contributed by atoms with Crippen molar-refractivity contribution in [2.45, 2.75) is 0 Å². The summed E-state index contributed by atoms with van der Waals surface area (Å²) in [7, 11) is 0. The molecule has 2 heterocycles. The van der Waals surface area contributed by atoms with Gasteiger partial charge in [-0.25, -0.2) is 0 Å². The van der Waals surface area contributed by atoms with Crippen LogP contribution in [0.3, 0.4) is 0 Å². The van der Waals surface area contributed by atoms with E-state index < -0.39 is 0 Å². The first-order chi connectivity index (χ1) is 34.2. The third kappa shape index (κ3) is 6.43. The van der Waals surface area contributed by atoms with Crippen LogP contribution in [0.5, 0.6) is 0 Å². The number of furan rings is 1. The second-order valence-electron chi connectivity index (χ2n) is 18.1. The lowest BCUT2D eigenvalue weighted by Gasteiger charge is -2.27. The summed E-state index contributed by atoms with van der Waals surface area (Å²) in [4.78, 5) is 2.40. The van der Waals surface area contributed by atoms with E-state index in [2.05, 4.69) is 264 Å². The second kappa shape index (κ2) is 15.7. The molecular formula is C66H42N2O. The van der Waals surface area contributed by atoms with Crippen molar-refractivity contribution in [3.8, 4) is 39.1 Å². The molecule has 0 aliphatic rings. The van der Waals surface area contributed by atoms with Gasteiger partial charge in [-0.3, -0.25) is 0 Å². The maximum Gasteiger partial charge on any atom is 0.143 e. The molecule has 0 bridgehead atoms. The van der Waals surface area contributed by atoms with Gasteiger partial charge in [-0.15, -0.1) is 0 Å². The molecule has 0 aliphatic carbocycles. The number of rotatable bonds is 7. The number of anilines is 3. The summed E-state index contributed by atoms with van der Waals surface area (Å²) in [6.45, 7) is 0. The molecule has 322 valence electrons. The van der Waals surface area contributed by atoms with Crippen molar-refractivity contribution in [2.24, 2.45) is 0 Å². The van der Waals surface area contributed by atoms with E-state index in [9.17, 15) is 0 Å². The highest BCUT2D eigenvalue weighted by Gasteiger charge is 2.23. The number of hydrogen-bond donors (Lipinski definition) is 0. The smallest absolute Gasteiger partial charge is 0.143 e. The number of para-hydroxylation sites is 2. The highest BCUT2D eigenvalue weighted by Crippen LogP contribution is 2.47. The van der Waals surface area contributed by atoms with Gasteiger partial charge in [-0.05, 0) is 133 Å². The fraction of sp³-hybridized carbons (Fsp3) is 0. The van der Waals surface area contributed by atoms with E-state index in [0.29, 0.717) is 0 Å². The normalized spacial score (nSPS) is 11.8. The van der Waals surface area contributed by atoms with Crippen LogP contribution in [0.2, 0.25) is 0 Å². The van der Waals surface area contributed by atoms with Crippen molar-refractivity contribution < 1.29 is 4.42 Å². The first-order valence-corrected chi connectivity index (χ1v) is 23.6. The lowest BCUT2D eigenvalue weighted by atomic mass is 9.93. The fourth-order valence-electron chi connectivity index (χ4n) is 10.9. The Balaban J connectivity index is 0.945. The minimum atomic E-state index is 0.851. The monoisotopic (exact) mass is 878 g/mol. The zero-order valence-electron chi connectivity index (χ0n) is 37.6. The molecule has 0 fully saturated rings. The van der Waals surface area contributed by atoms with E-state index in [0.717, 1.165) is 77.7 Å². The molecule has 2 aromatic heterocycles. The highest BCUT2D eigenvalue weighted by molar-refractivity contribution is 6.23. The molecule has 14 rings (SSSR count). The summed E-state index contributed by atoms with van der Waals surface area (Å²) >= 11 is 0. The molecule has 0 saturated carbocycles. The maximum absolute atomic E-state index is 6.95. The van der Waals surface area contributed by atoms with Crippen LogP contribution in [-0.4, -0.2) is 4.57 Å². The Morgan fingerprint density at radius 2 is 0.841 bits per heavy atom. The summed E-state index contributed by atoms with van der Waals surface area (Å²) in [6, 6.07) is 92.6. The van der Waals surface area contributed by atoms with Crippen LogP contribution in [0.4, 0.5) is 17.1 Å². The molecule has 69 heavy (non-hydrogen) atoms. The number of benzene rings is 12. The van der Waals surface area contributed by atoms with Crippen molar-refractivity contribution in [3.05, 3.63) is 255 Å². The molecule has 12 aromatic carbocycles. The van der Waals surface area contributed by atoms with Crippen molar-refractivity contribution in [1.82, 2.24) is 4.57 Å². The van der Waals surface area contributed by atoms with Gasteiger partial charge in [0.1, 0.15) is 11.2 Å². The van der Waals surface area contributed by atoms with E-state index in [1.165, 1.54) is 54.5 Å². The molecule has 0 spiro atoms. The van der Waals surface area contributed by atoms with Gasteiger partial charge in [0.25, 0.3) is 0 Å². The Bertz CT molecular complexity index is 4180. The van der Waals surface area contributed by atoms with Crippen LogP contribution in [0.1, 0.15) is 0 Å². The van der Waals surface area contributed by atoms with Crippen LogP contribution in [0.25, 0.3) is 115 Å². The lowest BCUT2D eigenvalue weighted by molar-refractivity contribution is 0.672. The van der Waals surface area contributed by atoms with Crippen LogP contribution < -0.4 is 4.90 Å². The zero-order valence-corrected chi connectivity index (χ0v) is 37.6. The van der Waals surface area contributed by atoms with Crippen LogP contribution in [0, 0.1) is 0 Å². The molecule has 3 nitrogen and oxygen atoms in total. The molecule has 0 N–H and O–H groups in total. The van der Waals surface area contributed by atoms with E-state index in [-0.39, 0.29) is 0 Å². The predicted octanol–water partition coefficient (Wildman–Crippen LogP) is 18.6. The van der Waals surface area contributed by atoms with E-state index in [4.69, 9.17) is 4.42 Å². The fourth-order valence-corrected chi connectivity index (χ4v) is 10.9. The standard InChI is InChI=1S/C66H42N2O/c1-2-15-43(16-3-1)50-37-51(41-54(40-50)68-61-25-12-10-22-56(61)57-23-11-13-26-62(57)68)46-29-31-47(32-30-46)59-42-60-65-63(27-14-28-64(65)69-66(60)58-24-9-8-21-55(58)59)67(52-35-33-44-17-4-6-19-48(44)38-52)53-36-34-45-18-5-7-20-49(45)39-53/h1-42H. The van der Waals surface area contributed by atoms with E-state index >= 15 is 0 Å². The maximum atomic E-state index is 6.95. The number of fused-ring (bicyclic) bond motifs is 10. The van der Waals surface area contributed by atoms with Crippen molar-refractivity contribution in [3.63, 3.8) is 0 Å². The topological polar surface area (TPSA) is 21.3 Å². The van der Waals surface area contributed by atoms with E-state index in [1.807, 2.05) is 0 Å². The molecule has 0 radical (unpaired) electrons. The molecular weight excluding hydrogens is 837 g/mol. The summed E-state index contributed by atoms with van der Waals surface area (Å²) in [5.41, 5.74) is 15.5. The van der Waals surface area contributed by atoms with Crippen molar-refractivity contribution in [1.29, 1.82) is 0 Å². The quantitative estimate of drug-likeness (QED) is 0.159. The third-order valence-corrected chi connectivity index (χ3v) is 14.1. The van der Waals surface area contributed by atoms with Crippen LogP contribution >= 0.6 is 0 Å². The predicted molar refractivity (Wildman–Crippen MR) is 292 cm³/mol. The number of hydrogen-bond acceptors (Lipinski definition) is 2. The van der Waals surface area contributed by atoms with E-state index in [1.54, 1.807) is 0 Å². The first kappa shape index (κ1) is 39.0. The summed E-state index contributed by atoms with van der Waals surface area (Å²) in [5.74, 6) is 0. The van der Waals surface area contributed by atoms with Crippen molar-refractivity contribution >= 4 is 93.1 Å². The Kier molecular flexibility index (Phi) is 8.90. The van der Waals surface area contributed by atoms with Gasteiger partial charge in [0, 0.05) is 38.6 Å². The summed E-state index contributed by atoms with van der Waals surface area (Å²) in [5, 5.41) is 11.7. The van der Waals surface area contributed by atoms with Crippen LogP contribution in [0.15, 0.2) is 259 Å². The molecule has 0 atom stereocenters. The molecule has 14 aromatic rings. The Morgan fingerprint density at radius 3 is 1.48 bits per heavy atom. The number of nitrogens with zero attached hydrogens (tertiary/aromatic N) is 2. The van der Waals surface area contributed by atoms with Gasteiger partial charge in [0.15, 0.2) is 0 Å². The van der Waals surface area contributed by atoms with Gasteiger partial charge >= 0.3 is 0 Å². The van der Waals surface area contributed by atoms with Gasteiger partial charge in [0.05, 0.1) is 22.1 Å².